The zero-order chi connectivity index (χ0) is 19.3. The Balaban J connectivity index is 1.50. The van der Waals surface area contributed by atoms with Gasteiger partial charge in [-0.05, 0) is 60.9 Å². The maximum atomic E-state index is 14.2. The van der Waals surface area contributed by atoms with Crippen molar-refractivity contribution in [2.24, 2.45) is 0 Å². The van der Waals surface area contributed by atoms with E-state index in [9.17, 15) is 8.78 Å². The van der Waals surface area contributed by atoms with Crippen LogP contribution < -0.4 is 4.90 Å². The van der Waals surface area contributed by atoms with Gasteiger partial charge in [0.25, 0.3) is 0 Å². The van der Waals surface area contributed by atoms with E-state index in [-0.39, 0.29) is 5.92 Å². The minimum Gasteiger partial charge on any atom is -0.364 e. The molecule has 0 saturated heterocycles. The lowest BCUT2D eigenvalue weighted by atomic mass is 9.80. The second kappa shape index (κ2) is 8.55. The average molecular weight is 377 g/mol. The van der Waals surface area contributed by atoms with Gasteiger partial charge in [0.05, 0.1) is 0 Å². The van der Waals surface area contributed by atoms with Crippen LogP contribution in [0.1, 0.15) is 42.7 Å². The number of hydrogen-bond donors (Lipinski definition) is 0. The molecule has 1 saturated carbocycles. The van der Waals surface area contributed by atoms with Gasteiger partial charge < -0.3 is 4.90 Å². The van der Waals surface area contributed by atoms with Gasteiger partial charge in [0, 0.05) is 24.3 Å². The third kappa shape index (κ3) is 4.24. The number of para-hydroxylation sites is 1. The molecular weight excluding hydrogens is 352 g/mol. The molecule has 3 heteroatoms. The summed E-state index contributed by atoms with van der Waals surface area (Å²) in [5, 5.41) is 0. The minimum atomic E-state index is -0.506. The lowest BCUT2D eigenvalue weighted by molar-refractivity contribution is 0.367. The highest BCUT2D eigenvalue weighted by Crippen LogP contribution is 2.37. The second-order valence-corrected chi connectivity index (χ2v) is 7.62. The Bertz CT molecular complexity index is 887. The molecule has 1 fully saturated rings. The molecule has 1 nitrogen and oxygen atoms in total. The van der Waals surface area contributed by atoms with Crippen molar-refractivity contribution in [1.29, 1.82) is 0 Å². The summed E-state index contributed by atoms with van der Waals surface area (Å²) in [5.74, 6) is -0.744. The molecule has 0 heterocycles. The molecule has 1 aliphatic carbocycles. The molecule has 3 aromatic carbocycles. The van der Waals surface area contributed by atoms with Crippen molar-refractivity contribution in [3.63, 3.8) is 0 Å². The van der Waals surface area contributed by atoms with Crippen molar-refractivity contribution in [3.8, 4) is 0 Å². The topological polar surface area (TPSA) is 3.24 Å². The van der Waals surface area contributed by atoms with Crippen molar-refractivity contribution in [3.05, 3.63) is 102 Å². The Kier molecular flexibility index (Phi) is 5.70. The van der Waals surface area contributed by atoms with E-state index in [1.54, 1.807) is 6.07 Å². The van der Waals surface area contributed by atoms with Gasteiger partial charge in [0.2, 0.25) is 0 Å². The van der Waals surface area contributed by atoms with E-state index < -0.39 is 11.6 Å². The molecule has 0 atom stereocenters. The molecule has 0 aliphatic heterocycles. The van der Waals surface area contributed by atoms with Crippen LogP contribution in [-0.4, -0.2) is 6.04 Å². The molecular formula is C25H25F2N. The van der Waals surface area contributed by atoms with E-state index in [4.69, 9.17) is 0 Å². The second-order valence-electron chi connectivity index (χ2n) is 7.62. The molecule has 28 heavy (non-hydrogen) atoms. The molecule has 0 aromatic heterocycles. The van der Waals surface area contributed by atoms with Crippen molar-refractivity contribution in [2.45, 2.75) is 44.2 Å². The van der Waals surface area contributed by atoms with Crippen LogP contribution in [0.25, 0.3) is 0 Å². The van der Waals surface area contributed by atoms with E-state index in [2.05, 4.69) is 53.4 Å². The Hall–Kier alpha value is -2.68. The van der Waals surface area contributed by atoms with Crippen LogP contribution in [0.15, 0.2) is 78.9 Å². The summed E-state index contributed by atoms with van der Waals surface area (Å²) < 4.78 is 27.4. The molecule has 4 rings (SSSR count). The molecule has 144 valence electrons. The van der Waals surface area contributed by atoms with Crippen molar-refractivity contribution >= 4 is 5.69 Å². The van der Waals surface area contributed by atoms with Crippen molar-refractivity contribution in [2.75, 3.05) is 4.90 Å². The molecule has 0 radical (unpaired) electrons. The average Bonchev–Trinajstić information content (AvgIpc) is 2.74. The Labute approximate surface area is 165 Å². The summed E-state index contributed by atoms with van der Waals surface area (Å²) in [5.41, 5.74) is 3.18. The number of nitrogens with zero attached hydrogens (tertiary/aromatic N) is 1. The molecule has 0 unspecified atom stereocenters. The first-order valence-electron chi connectivity index (χ1n) is 10.0. The van der Waals surface area contributed by atoms with Gasteiger partial charge in [-0.2, -0.15) is 0 Å². The Morgan fingerprint density at radius 3 is 2.04 bits per heavy atom. The summed E-state index contributed by atoms with van der Waals surface area (Å²) in [6, 6.07) is 25.4. The van der Waals surface area contributed by atoms with E-state index in [1.165, 1.54) is 17.3 Å². The summed E-state index contributed by atoms with van der Waals surface area (Å²) in [6.07, 6.45) is 3.85. The van der Waals surface area contributed by atoms with E-state index in [0.717, 1.165) is 38.3 Å². The van der Waals surface area contributed by atoms with Gasteiger partial charge in [-0.15, -0.1) is 0 Å². The number of anilines is 1. The predicted molar refractivity (Wildman–Crippen MR) is 110 cm³/mol. The van der Waals surface area contributed by atoms with Crippen molar-refractivity contribution < 1.29 is 8.78 Å². The zero-order valence-corrected chi connectivity index (χ0v) is 15.9. The summed E-state index contributed by atoms with van der Waals surface area (Å²) in [7, 11) is 0. The van der Waals surface area contributed by atoms with E-state index in [0.29, 0.717) is 11.6 Å². The van der Waals surface area contributed by atoms with Gasteiger partial charge in [-0.25, -0.2) is 8.78 Å². The maximum Gasteiger partial charge on any atom is 0.129 e. The molecule has 0 spiro atoms. The van der Waals surface area contributed by atoms with Crippen LogP contribution in [0.2, 0.25) is 0 Å². The molecule has 3 aromatic rings. The fraction of sp³-hybridized carbons (Fsp3) is 0.280. The first-order valence-corrected chi connectivity index (χ1v) is 10.0. The van der Waals surface area contributed by atoms with Crippen LogP contribution in [0.3, 0.4) is 0 Å². The van der Waals surface area contributed by atoms with Gasteiger partial charge >= 0.3 is 0 Å². The highest BCUT2D eigenvalue weighted by atomic mass is 19.1. The molecule has 0 N–H and O–H groups in total. The summed E-state index contributed by atoms with van der Waals surface area (Å²) in [4.78, 5) is 2.48. The first kappa shape index (κ1) is 18.7. The standard InChI is InChI=1S/C25H25F2N/c26-21-13-16-24(25(27)17-21)20-11-14-23(15-12-20)28(22-9-5-2-6-10-22)18-19-7-3-1-4-8-19/h1-10,13,16-17,20,23H,11-12,14-15,18H2. The Morgan fingerprint density at radius 2 is 1.39 bits per heavy atom. The first-order chi connectivity index (χ1) is 13.7. The zero-order valence-electron chi connectivity index (χ0n) is 15.9. The van der Waals surface area contributed by atoms with Crippen LogP contribution in [0.5, 0.6) is 0 Å². The smallest absolute Gasteiger partial charge is 0.129 e. The SMILES string of the molecule is Fc1ccc(C2CCC(N(Cc3ccccc3)c3ccccc3)CC2)c(F)c1. The molecule has 0 amide bonds. The lowest BCUT2D eigenvalue weighted by Crippen LogP contribution is -2.37. The highest BCUT2D eigenvalue weighted by molar-refractivity contribution is 5.48. The number of benzene rings is 3. The largest absolute Gasteiger partial charge is 0.364 e. The van der Waals surface area contributed by atoms with E-state index >= 15 is 0 Å². The summed E-state index contributed by atoms with van der Waals surface area (Å²) >= 11 is 0. The third-order valence-corrected chi connectivity index (χ3v) is 5.82. The van der Waals surface area contributed by atoms with Gasteiger partial charge in [0.1, 0.15) is 11.6 Å². The van der Waals surface area contributed by atoms with Crippen LogP contribution in [0, 0.1) is 11.6 Å². The number of halogens is 2. The van der Waals surface area contributed by atoms with Gasteiger partial charge in [0.15, 0.2) is 0 Å². The minimum absolute atomic E-state index is 0.172. The predicted octanol–water partition coefficient (Wildman–Crippen LogP) is 6.70. The quantitative estimate of drug-likeness (QED) is 0.478. The fourth-order valence-electron chi connectivity index (χ4n) is 4.36. The van der Waals surface area contributed by atoms with E-state index in [1.807, 2.05) is 12.1 Å². The van der Waals surface area contributed by atoms with Crippen LogP contribution in [-0.2, 0) is 6.54 Å². The number of hydrogen-bond acceptors (Lipinski definition) is 1. The Morgan fingerprint density at radius 1 is 0.750 bits per heavy atom. The summed E-state index contributed by atoms with van der Waals surface area (Å²) in [6.45, 7) is 0.866. The fourth-order valence-corrected chi connectivity index (χ4v) is 4.36. The lowest BCUT2D eigenvalue weighted by Gasteiger charge is -2.39. The van der Waals surface area contributed by atoms with Crippen LogP contribution in [0.4, 0.5) is 14.5 Å². The molecule has 0 bridgehead atoms. The third-order valence-electron chi connectivity index (χ3n) is 5.82. The molecule has 1 aliphatic rings. The normalized spacial score (nSPS) is 19.4. The maximum absolute atomic E-state index is 14.2. The highest BCUT2D eigenvalue weighted by Gasteiger charge is 2.28. The van der Waals surface area contributed by atoms with Crippen LogP contribution >= 0.6 is 0 Å². The van der Waals surface area contributed by atoms with Gasteiger partial charge in [-0.1, -0.05) is 54.6 Å². The number of rotatable bonds is 5. The van der Waals surface area contributed by atoms with Gasteiger partial charge in [-0.3, -0.25) is 0 Å². The van der Waals surface area contributed by atoms with Crippen molar-refractivity contribution in [1.82, 2.24) is 0 Å². The monoisotopic (exact) mass is 377 g/mol.